The average Bonchev–Trinajstić information content (AvgIpc) is 3.09. The first kappa shape index (κ1) is 13.2. The lowest BCUT2D eigenvalue weighted by Crippen LogP contribution is -2.06. The molecule has 3 rings (SSSR count). The highest BCUT2D eigenvalue weighted by molar-refractivity contribution is 7.99. The van der Waals surface area contributed by atoms with Crippen LogP contribution in [0.25, 0.3) is 0 Å². The molecule has 7 heteroatoms. The molecular weight excluding hydrogens is 274 g/mol. The van der Waals surface area contributed by atoms with Crippen molar-refractivity contribution in [1.29, 1.82) is 0 Å². The number of nitrogens with two attached hydrogens (primary N) is 1. The minimum atomic E-state index is 0.117. The number of benzene rings is 1. The number of anilines is 1. The molecule has 0 radical (unpaired) electrons. The van der Waals surface area contributed by atoms with Gasteiger partial charge in [-0.15, -0.1) is 5.10 Å². The second-order valence-corrected chi connectivity index (χ2v) is 6.18. The summed E-state index contributed by atoms with van der Waals surface area (Å²) in [4.78, 5) is 0.984. The third kappa shape index (κ3) is 3.04. The molecule has 0 spiro atoms. The number of nitrogen functional groups attached to an aromatic ring is 1. The van der Waals surface area contributed by atoms with E-state index in [-0.39, 0.29) is 6.10 Å². The molecule has 1 fully saturated rings. The van der Waals surface area contributed by atoms with Gasteiger partial charge < -0.3 is 10.5 Å². The number of aromatic nitrogens is 4. The third-order valence-electron chi connectivity index (χ3n) is 2.84. The molecule has 0 bridgehead atoms. The first-order valence-corrected chi connectivity index (χ1v) is 7.46. The molecule has 1 aliphatic rings. The van der Waals surface area contributed by atoms with Gasteiger partial charge in [0.25, 0.3) is 0 Å². The fourth-order valence-electron chi connectivity index (χ4n) is 1.90. The maximum atomic E-state index is 5.92. The van der Waals surface area contributed by atoms with E-state index in [1.807, 2.05) is 36.7 Å². The van der Waals surface area contributed by atoms with Crippen LogP contribution in [-0.4, -0.2) is 26.3 Å². The third-order valence-corrected chi connectivity index (χ3v) is 3.76. The Bertz CT molecular complexity index is 609. The standard InChI is InChI=1S/C13H17N5OS/c1-8(2)19-11-5-9(14)6-12(7-11)20-13-15-16-17-18(13)10-3-4-10/h5-8,10H,3-4,14H2,1-2H3. The van der Waals surface area contributed by atoms with Gasteiger partial charge in [0.1, 0.15) is 5.75 Å². The number of hydrogen-bond donors (Lipinski definition) is 1. The van der Waals surface area contributed by atoms with Gasteiger partial charge in [-0.05, 0) is 61.0 Å². The molecule has 6 nitrogen and oxygen atoms in total. The first-order valence-electron chi connectivity index (χ1n) is 6.65. The molecule has 0 unspecified atom stereocenters. The number of nitrogens with zero attached hydrogens (tertiary/aromatic N) is 4. The van der Waals surface area contributed by atoms with Gasteiger partial charge in [-0.3, -0.25) is 0 Å². The Kier molecular flexibility index (Phi) is 3.52. The van der Waals surface area contributed by atoms with Crippen molar-refractivity contribution in [2.24, 2.45) is 0 Å². The zero-order valence-electron chi connectivity index (χ0n) is 11.5. The quantitative estimate of drug-likeness (QED) is 0.853. The zero-order chi connectivity index (χ0) is 14.1. The molecule has 2 aromatic rings. The highest BCUT2D eigenvalue weighted by Gasteiger charge is 2.28. The maximum absolute atomic E-state index is 5.92. The van der Waals surface area contributed by atoms with Crippen LogP contribution in [0.2, 0.25) is 0 Å². The summed E-state index contributed by atoms with van der Waals surface area (Å²) < 4.78 is 7.58. The minimum absolute atomic E-state index is 0.117. The largest absolute Gasteiger partial charge is 0.491 e. The zero-order valence-corrected chi connectivity index (χ0v) is 12.3. The number of tetrazole rings is 1. The van der Waals surface area contributed by atoms with Gasteiger partial charge in [0.05, 0.1) is 12.1 Å². The summed E-state index contributed by atoms with van der Waals surface area (Å²) in [7, 11) is 0. The van der Waals surface area contributed by atoms with E-state index in [1.165, 1.54) is 11.8 Å². The van der Waals surface area contributed by atoms with Crippen molar-refractivity contribution in [3.63, 3.8) is 0 Å². The number of ether oxygens (including phenoxy) is 1. The normalized spacial score (nSPS) is 14.8. The molecule has 0 aliphatic heterocycles. The summed E-state index contributed by atoms with van der Waals surface area (Å²) in [5.41, 5.74) is 6.60. The van der Waals surface area contributed by atoms with Gasteiger partial charge >= 0.3 is 0 Å². The van der Waals surface area contributed by atoms with Crippen molar-refractivity contribution in [3.05, 3.63) is 18.2 Å². The van der Waals surface area contributed by atoms with Crippen LogP contribution < -0.4 is 10.5 Å². The molecular formula is C13H17N5OS. The second-order valence-electron chi connectivity index (χ2n) is 5.14. The highest BCUT2D eigenvalue weighted by Crippen LogP contribution is 2.38. The van der Waals surface area contributed by atoms with Gasteiger partial charge in [-0.1, -0.05) is 0 Å². The molecule has 106 valence electrons. The predicted octanol–water partition coefficient (Wildman–Crippen LogP) is 2.53. The van der Waals surface area contributed by atoms with Crippen molar-refractivity contribution in [2.45, 2.75) is 48.9 Å². The van der Waals surface area contributed by atoms with Crippen molar-refractivity contribution >= 4 is 17.4 Å². The average molecular weight is 291 g/mol. The SMILES string of the molecule is CC(C)Oc1cc(N)cc(Sc2nnnn2C2CC2)c1. The second kappa shape index (κ2) is 5.32. The Morgan fingerprint density at radius 1 is 1.35 bits per heavy atom. The summed E-state index contributed by atoms with van der Waals surface area (Å²) in [6.45, 7) is 3.98. The molecule has 2 N–H and O–H groups in total. The Balaban J connectivity index is 1.82. The Hall–Kier alpha value is -1.76. The summed E-state index contributed by atoms with van der Waals surface area (Å²) in [5, 5.41) is 12.7. The van der Waals surface area contributed by atoms with Crippen LogP contribution in [0.15, 0.2) is 28.3 Å². The fourth-order valence-corrected chi connectivity index (χ4v) is 2.84. The summed E-state index contributed by atoms with van der Waals surface area (Å²) in [6, 6.07) is 6.16. The highest BCUT2D eigenvalue weighted by atomic mass is 32.2. The molecule has 1 saturated carbocycles. The smallest absolute Gasteiger partial charge is 0.214 e. The molecule has 1 aliphatic carbocycles. The van der Waals surface area contributed by atoms with Gasteiger partial charge in [0.2, 0.25) is 5.16 Å². The van der Waals surface area contributed by atoms with Crippen molar-refractivity contribution in [3.8, 4) is 5.75 Å². The van der Waals surface area contributed by atoms with Gasteiger partial charge in [0.15, 0.2) is 0 Å². The van der Waals surface area contributed by atoms with Gasteiger partial charge in [-0.25, -0.2) is 4.68 Å². The van der Waals surface area contributed by atoms with E-state index >= 15 is 0 Å². The maximum Gasteiger partial charge on any atom is 0.214 e. The predicted molar refractivity (Wildman–Crippen MR) is 76.8 cm³/mol. The lowest BCUT2D eigenvalue weighted by molar-refractivity contribution is 0.242. The number of hydrogen-bond acceptors (Lipinski definition) is 6. The minimum Gasteiger partial charge on any atom is -0.491 e. The Morgan fingerprint density at radius 2 is 2.15 bits per heavy atom. The lowest BCUT2D eigenvalue weighted by atomic mass is 10.3. The summed E-state index contributed by atoms with van der Waals surface area (Å²) in [5.74, 6) is 0.771. The number of rotatable bonds is 5. The monoisotopic (exact) mass is 291 g/mol. The Labute approximate surface area is 121 Å². The van der Waals surface area contributed by atoms with Crippen molar-refractivity contribution < 1.29 is 4.74 Å². The van der Waals surface area contributed by atoms with E-state index in [0.717, 1.165) is 28.6 Å². The Morgan fingerprint density at radius 3 is 2.85 bits per heavy atom. The van der Waals surface area contributed by atoms with Crippen molar-refractivity contribution in [2.75, 3.05) is 5.73 Å². The van der Waals surface area contributed by atoms with Crippen LogP contribution in [0.5, 0.6) is 5.75 Å². The van der Waals surface area contributed by atoms with Crippen LogP contribution in [0.4, 0.5) is 5.69 Å². The van der Waals surface area contributed by atoms with Crippen LogP contribution in [0.3, 0.4) is 0 Å². The molecule has 0 saturated heterocycles. The van der Waals surface area contributed by atoms with Gasteiger partial charge in [0, 0.05) is 16.6 Å². The van der Waals surface area contributed by atoms with E-state index in [0.29, 0.717) is 11.7 Å². The van der Waals surface area contributed by atoms with E-state index < -0.39 is 0 Å². The summed E-state index contributed by atoms with van der Waals surface area (Å²) in [6.07, 6.45) is 2.42. The van der Waals surface area contributed by atoms with E-state index in [4.69, 9.17) is 10.5 Å². The van der Waals surface area contributed by atoms with E-state index in [2.05, 4.69) is 15.5 Å². The molecule has 1 aromatic heterocycles. The fraction of sp³-hybridized carbons (Fsp3) is 0.462. The first-order chi connectivity index (χ1) is 9.61. The molecule has 1 aromatic carbocycles. The van der Waals surface area contributed by atoms with Gasteiger partial charge in [-0.2, -0.15) is 0 Å². The molecule has 0 amide bonds. The van der Waals surface area contributed by atoms with E-state index in [9.17, 15) is 0 Å². The molecule has 1 heterocycles. The molecule has 0 atom stereocenters. The summed E-state index contributed by atoms with van der Waals surface area (Å²) >= 11 is 1.51. The lowest BCUT2D eigenvalue weighted by Gasteiger charge is -2.11. The van der Waals surface area contributed by atoms with Crippen LogP contribution in [0.1, 0.15) is 32.7 Å². The van der Waals surface area contributed by atoms with Crippen LogP contribution in [-0.2, 0) is 0 Å². The molecule has 20 heavy (non-hydrogen) atoms. The van der Waals surface area contributed by atoms with E-state index in [1.54, 1.807) is 0 Å². The van der Waals surface area contributed by atoms with Crippen LogP contribution in [0, 0.1) is 0 Å². The topological polar surface area (TPSA) is 78.8 Å². The van der Waals surface area contributed by atoms with Crippen molar-refractivity contribution in [1.82, 2.24) is 20.2 Å². The van der Waals surface area contributed by atoms with Crippen LogP contribution >= 0.6 is 11.8 Å².